The summed E-state index contributed by atoms with van der Waals surface area (Å²) >= 11 is 6.24. The fraction of sp³-hybridized carbons (Fsp3) is 0.667. The Hall–Kier alpha value is -0.830. The molecular weight excluding hydrogens is 222 g/mol. The van der Waals surface area contributed by atoms with Crippen LogP contribution in [-0.4, -0.2) is 24.1 Å². The average Bonchev–Trinajstić information content (AvgIpc) is 2.15. The minimum Gasteiger partial charge on any atom is -0.362 e. The van der Waals surface area contributed by atoms with Crippen molar-refractivity contribution in [1.82, 2.24) is 9.97 Å². The molecule has 1 aromatic heterocycles. The van der Waals surface area contributed by atoms with E-state index < -0.39 is 0 Å². The molecule has 4 heteroatoms. The van der Waals surface area contributed by atoms with E-state index in [0.29, 0.717) is 11.1 Å². The number of halogens is 1. The van der Waals surface area contributed by atoms with Gasteiger partial charge in [0.25, 0.3) is 0 Å². The minimum atomic E-state index is 0.289. The van der Waals surface area contributed by atoms with Crippen molar-refractivity contribution in [3.63, 3.8) is 0 Å². The maximum absolute atomic E-state index is 6.24. The number of nitrogens with zero attached hydrogens (tertiary/aromatic N) is 3. The van der Waals surface area contributed by atoms with E-state index in [1.165, 1.54) is 0 Å². The highest BCUT2D eigenvalue weighted by Gasteiger charge is 2.18. The third kappa shape index (κ3) is 2.64. The van der Waals surface area contributed by atoms with E-state index in [4.69, 9.17) is 11.6 Å². The van der Waals surface area contributed by atoms with E-state index in [1.807, 2.05) is 19.0 Å². The van der Waals surface area contributed by atoms with Crippen LogP contribution in [0.4, 0.5) is 5.82 Å². The summed E-state index contributed by atoms with van der Waals surface area (Å²) in [6.45, 7) is 8.35. The van der Waals surface area contributed by atoms with Gasteiger partial charge in [0.2, 0.25) is 0 Å². The van der Waals surface area contributed by atoms with Gasteiger partial charge in [0, 0.05) is 25.6 Å². The zero-order valence-corrected chi connectivity index (χ0v) is 11.6. The molecule has 1 heterocycles. The summed E-state index contributed by atoms with van der Waals surface area (Å²) in [5.74, 6) is 2.35. The smallest absolute Gasteiger partial charge is 0.138 e. The number of hydrogen-bond donors (Lipinski definition) is 0. The van der Waals surface area contributed by atoms with Crippen LogP contribution in [0.3, 0.4) is 0 Å². The van der Waals surface area contributed by atoms with Gasteiger partial charge in [-0.05, 0) is 5.92 Å². The van der Waals surface area contributed by atoms with Gasteiger partial charge in [-0.15, -0.1) is 0 Å². The SMILES string of the molecule is CC(C)c1nc(Cl)c(C(C)C)c(N(C)C)n1. The fourth-order valence-corrected chi connectivity index (χ4v) is 1.93. The van der Waals surface area contributed by atoms with Crippen LogP contribution in [0, 0.1) is 0 Å². The summed E-state index contributed by atoms with van der Waals surface area (Å²) in [4.78, 5) is 10.9. The van der Waals surface area contributed by atoms with E-state index >= 15 is 0 Å². The van der Waals surface area contributed by atoms with Gasteiger partial charge in [-0.1, -0.05) is 39.3 Å². The Kier molecular flexibility index (Phi) is 4.14. The fourth-order valence-electron chi connectivity index (χ4n) is 1.54. The summed E-state index contributed by atoms with van der Waals surface area (Å²) in [5, 5.41) is 0.581. The van der Waals surface area contributed by atoms with Crippen molar-refractivity contribution in [2.24, 2.45) is 0 Å². The van der Waals surface area contributed by atoms with Crippen molar-refractivity contribution in [2.45, 2.75) is 39.5 Å². The first kappa shape index (κ1) is 13.2. The summed E-state index contributed by atoms with van der Waals surface area (Å²) in [7, 11) is 3.96. The molecular formula is C12H20ClN3. The van der Waals surface area contributed by atoms with Crippen molar-refractivity contribution in [3.8, 4) is 0 Å². The van der Waals surface area contributed by atoms with Crippen molar-refractivity contribution in [3.05, 3.63) is 16.5 Å². The number of rotatable bonds is 3. The molecule has 1 rings (SSSR count). The third-order valence-corrected chi connectivity index (χ3v) is 2.70. The number of hydrogen-bond acceptors (Lipinski definition) is 3. The molecule has 0 amide bonds. The molecule has 0 saturated carbocycles. The molecule has 0 bridgehead atoms. The Morgan fingerprint density at radius 3 is 1.94 bits per heavy atom. The van der Waals surface area contributed by atoms with Crippen molar-refractivity contribution < 1.29 is 0 Å². The van der Waals surface area contributed by atoms with Gasteiger partial charge in [0.15, 0.2) is 0 Å². The van der Waals surface area contributed by atoms with E-state index in [-0.39, 0.29) is 5.92 Å². The van der Waals surface area contributed by atoms with Crippen molar-refractivity contribution >= 4 is 17.4 Å². The average molecular weight is 242 g/mol. The first-order valence-corrected chi connectivity index (χ1v) is 5.97. The molecule has 3 nitrogen and oxygen atoms in total. The molecule has 0 atom stereocenters. The van der Waals surface area contributed by atoms with E-state index in [2.05, 4.69) is 37.7 Å². The highest BCUT2D eigenvalue weighted by molar-refractivity contribution is 6.30. The molecule has 16 heavy (non-hydrogen) atoms. The highest BCUT2D eigenvalue weighted by atomic mass is 35.5. The molecule has 0 aliphatic carbocycles. The van der Waals surface area contributed by atoms with E-state index in [0.717, 1.165) is 17.2 Å². The van der Waals surface area contributed by atoms with E-state index in [1.54, 1.807) is 0 Å². The first-order valence-electron chi connectivity index (χ1n) is 5.59. The third-order valence-electron chi connectivity index (χ3n) is 2.41. The first-order chi connectivity index (χ1) is 7.34. The molecule has 0 aliphatic heterocycles. The maximum atomic E-state index is 6.24. The summed E-state index contributed by atoms with van der Waals surface area (Å²) in [6.07, 6.45) is 0. The number of aromatic nitrogens is 2. The molecule has 1 aromatic rings. The predicted molar refractivity (Wildman–Crippen MR) is 69.5 cm³/mol. The minimum absolute atomic E-state index is 0.289. The van der Waals surface area contributed by atoms with Crippen molar-refractivity contribution in [1.29, 1.82) is 0 Å². The molecule has 0 aromatic carbocycles. The van der Waals surface area contributed by atoms with Gasteiger partial charge in [-0.25, -0.2) is 9.97 Å². The van der Waals surface area contributed by atoms with Crippen LogP contribution in [0.5, 0.6) is 0 Å². The van der Waals surface area contributed by atoms with Gasteiger partial charge in [-0.3, -0.25) is 0 Å². The van der Waals surface area contributed by atoms with Crippen LogP contribution in [0.25, 0.3) is 0 Å². The van der Waals surface area contributed by atoms with Gasteiger partial charge in [0.05, 0.1) is 0 Å². The summed E-state index contributed by atoms with van der Waals surface area (Å²) in [5.41, 5.74) is 1.02. The molecule has 0 spiro atoms. The monoisotopic (exact) mass is 241 g/mol. The topological polar surface area (TPSA) is 29.0 Å². The van der Waals surface area contributed by atoms with Gasteiger partial charge in [0.1, 0.15) is 16.8 Å². The maximum Gasteiger partial charge on any atom is 0.138 e. The second kappa shape index (κ2) is 5.00. The van der Waals surface area contributed by atoms with Crippen molar-refractivity contribution in [2.75, 3.05) is 19.0 Å². The molecule has 90 valence electrons. The van der Waals surface area contributed by atoms with Crippen LogP contribution in [0.15, 0.2) is 0 Å². The predicted octanol–water partition coefficient (Wildman–Crippen LogP) is 3.44. The van der Waals surface area contributed by atoms with Gasteiger partial charge in [-0.2, -0.15) is 0 Å². The Morgan fingerprint density at radius 1 is 1.00 bits per heavy atom. The zero-order chi connectivity index (χ0) is 12.5. The van der Waals surface area contributed by atoms with Crippen LogP contribution in [0.2, 0.25) is 5.15 Å². The molecule has 0 aliphatic rings. The molecule has 0 saturated heterocycles. The Labute approximate surface area is 103 Å². The molecule has 0 unspecified atom stereocenters. The Morgan fingerprint density at radius 2 is 1.56 bits per heavy atom. The molecule has 0 N–H and O–H groups in total. The van der Waals surface area contributed by atoms with Gasteiger partial charge >= 0.3 is 0 Å². The van der Waals surface area contributed by atoms with Crippen LogP contribution in [-0.2, 0) is 0 Å². The largest absolute Gasteiger partial charge is 0.362 e. The second-order valence-corrected chi connectivity index (χ2v) is 5.17. The lowest BCUT2D eigenvalue weighted by Gasteiger charge is -2.21. The molecule has 0 fully saturated rings. The lowest BCUT2D eigenvalue weighted by atomic mass is 10.1. The lowest BCUT2D eigenvalue weighted by molar-refractivity contribution is 0.749. The summed E-state index contributed by atoms with van der Waals surface area (Å²) < 4.78 is 0. The quantitative estimate of drug-likeness (QED) is 0.760. The number of anilines is 1. The Balaban J connectivity index is 3.39. The lowest BCUT2D eigenvalue weighted by Crippen LogP contribution is -2.17. The zero-order valence-electron chi connectivity index (χ0n) is 10.9. The molecule has 0 radical (unpaired) electrons. The normalized spacial score (nSPS) is 11.3. The van der Waals surface area contributed by atoms with Crippen LogP contribution < -0.4 is 4.90 Å². The standard InChI is InChI=1S/C12H20ClN3/c1-7(2)9-10(13)14-11(8(3)4)15-12(9)16(5)6/h7-8H,1-6H3. The summed E-state index contributed by atoms with van der Waals surface area (Å²) in [6, 6.07) is 0. The van der Waals surface area contributed by atoms with Crippen LogP contribution in [0.1, 0.15) is 50.9 Å². The second-order valence-electron chi connectivity index (χ2n) is 4.81. The van der Waals surface area contributed by atoms with Gasteiger partial charge < -0.3 is 4.90 Å². The Bertz CT molecular complexity index is 373. The van der Waals surface area contributed by atoms with E-state index in [9.17, 15) is 0 Å². The highest BCUT2D eigenvalue weighted by Crippen LogP contribution is 2.31. The van der Waals surface area contributed by atoms with Crippen LogP contribution >= 0.6 is 11.6 Å².